The van der Waals surface area contributed by atoms with Crippen LogP contribution in [0.4, 0.5) is 0 Å². The van der Waals surface area contributed by atoms with E-state index in [1.807, 2.05) is 0 Å². The largest absolute Gasteiger partial charge is 0.377 e. The third kappa shape index (κ3) is 2.62. The molecule has 0 heterocycles. The molecule has 0 aromatic carbocycles. The maximum absolute atomic E-state index is 5.37. The molecule has 0 rings (SSSR count). The molecule has 2 atom stereocenters. The molecule has 4 heteroatoms. The van der Waals surface area contributed by atoms with Gasteiger partial charge in [-0.3, -0.25) is 0 Å². The second-order valence-corrected chi connectivity index (χ2v) is 2.02. The highest BCUT2D eigenvalue weighted by atomic mass is 16.5. The molecule has 4 nitrogen and oxygen atoms in total. The summed E-state index contributed by atoms with van der Waals surface area (Å²) in [5.41, 5.74) is 10.7. The van der Waals surface area contributed by atoms with E-state index in [0.29, 0.717) is 13.1 Å². The molecule has 0 saturated heterocycles. The van der Waals surface area contributed by atoms with Crippen molar-refractivity contribution < 1.29 is 9.47 Å². The van der Waals surface area contributed by atoms with Gasteiger partial charge in [0.1, 0.15) is 0 Å². The van der Waals surface area contributed by atoms with Crippen molar-refractivity contribution in [1.29, 1.82) is 0 Å². The second kappa shape index (κ2) is 5.61. The minimum absolute atomic E-state index is 0.0880. The molecule has 0 aliphatic heterocycles. The van der Waals surface area contributed by atoms with Crippen molar-refractivity contribution in [2.45, 2.75) is 12.2 Å². The van der Waals surface area contributed by atoms with Gasteiger partial charge in [0.15, 0.2) is 0 Å². The lowest BCUT2D eigenvalue weighted by molar-refractivity contribution is -0.0255. The predicted molar refractivity (Wildman–Crippen MR) is 39.7 cm³/mol. The summed E-state index contributed by atoms with van der Waals surface area (Å²) in [4.78, 5) is 0. The molecule has 10 heavy (non-hydrogen) atoms. The number of hydrogen-bond donors (Lipinski definition) is 2. The Kier molecular flexibility index (Phi) is 5.52. The molecule has 0 radical (unpaired) electrons. The fraction of sp³-hybridized carbons (Fsp3) is 1.00. The first-order valence-electron chi connectivity index (χ1n) is 3.25. The summed E-state index contributed by atoms with van der Waals surface area (Å²) >= 11 is 0. The standard InChI is InChI=1S/C6H16N2O2/c1-9-5(3-7)6(4-8)10-2/h5-6H,3-4,7-8H2,1-2H3. The fourth-order valence-corrected chi connectivity index (χ4v) is 0.800. The average Bonchev–Trinajstić information content (AvgIpc) is 2.00. The van der Waals surface area contributed by atoms with Crippen molar-refractivity contribution in [3.63, 3.8) is 0 Å². The van der Waals surface area contributed by atoms with Crippen LogP contribution in [0.1, 0.15) is 0 Å². The van der Waals surface area contributed by atoms with Gasteiger partial charge >= 0.3 is 0 Å². The normalized spacial score (nSPS) is 16.8. The van der Waals surface area contributed by atoms with Crippen molar-refractivity contribution in [1.82, 2.24) is 0 Å². The van der Waals surface area contributed by atoms with Crippen LogP contribution in [0.15, 0.2) is 0 Å². The van der Waals surface area contributed by atoms with Gasteiger partial charge in [-0.25, -0.2) is 0 Å². The maximum Gasteiger partial charge on any atom is 0.0966 e. The van der Waals surface area contributed by atoms with E-state index < -0.39 is 0 Å². The van der Waals surface area contributed by atoms with E-state index >= 15 is 0 Å². The molecule has 0 saturated carbocycles. The number of nitrogens with two attached hydrogens (primary N) is 2. The zero-order chi connectivity index (χ0) is 7.98. The van der Waals surface area contributed by atoms with Crippen molar-refractivity contribution in [2.75, 3.05) is 27.3 Å². The van der Waals surface area contributed by atoms with E-state index in [-0.39, 0.29) is 12.2 Å². The second-order valence-electron chi connectivity index (χ2n) is 2.02. The quantitative estimate of drug-likeness (QED) is 0.521. The molecular weight excluding hydrogens is 132 g/mol. The third-order valence-corrected chi connectivity index (χ3v) is 1.48. The zero-order valence-corrected chi connectivity index (χ0v) is 6.54. The minimum atomic E-state index is -0.0880. The summed E-state index contributed by atoms with van der Waals surface area (Å²) in [6.45, 7) is 0.873. The Bertz CT molecular complexity index is 62.1. The van der Waals surface area contributed by atoms with Crippen LogP contribution in [-0.2, 0) is 9.47 Å². The lowest BCUT2D eigenvalue weighted by atomic mass is 10.2. The van der Waals surface area contributed by atoms with Gasteiger partial charge in [-0.15, -0.1) is 0 Å². The highest BCUT2D eigenvalue weighted by Gasteiger charge is 2.16. The summed E-state index contributed by atoms with van der Waals surface area (Å²) in [6, 6.07) is 0. The Morgan fingerprint density at radius 2 is 1.30 bits per heavy atom. The zero-order valence-electron chi connectivity index (χ0n) is 6.54. The summed E-state index contributed by atoms with van der Waals surface area (Å²) < 4.78 is 10.0. The van der Waals surface area contributed by atoms with Crippen molar-refractivity contribution in [2.24, 2.45) is 11.5 Å². The van der Waals surface area contributed by atoms with Crippen LogP contribution >= 0.6 is 0 Å². The Labute approximate surface area is 61.5 Å². The van der Waals surface area contributed by atoms with Crippen LogP contribution in [0.25, 0.3) is 0 Å². The molecule has 2 unspecified atom stereocenters. The molecule has 0 aromatic heterocycles. The first kappa shape index (κ1) is 9.84. The molecule has 0 amide bonds. The van der Waals surface area contributed by atoms with E-state index in [1.54, 1.807) is 14.2 Å². The Morgan fingerprint density at radius 1 is 1.00 bits per heavy atom. The van der Waals surface area contributed by atoms with E-state index in [1.165, 1.54) is 0 Å². The summed E-state index contributed by atoms with van der Waals surface area (Å²) in [7, 11) is 3.19. The smallest absolute Gasteiger partial charge is 0.0966 e. The van der Waals surface area contributed by atoms with Crippen molar-refractivity contribution in [3.8, 4) is 0 Å². The first-order valence-corrected chi connectivity index (χ1v) is 3.25. The van der Waals surface area contributed by atoms with Crippen molar-refractivity contribution >= 4 is 0 Å². The Hall–Kier alpha value is -0.160. The maximum atomic E-state index is 5.37. The minimum Gasteiger partial charge on any atom is -0.377 e. The van der Waals surface area contributed by atoms with Gasteiger partial charge in [0.2, 0.25) is 0 Å². The molecule has 0 aliphatic carbocycles. The Morgan fingerprint density at radius 3 is 1.40 bits per heavy atom. The van der Waals surface area contributed by atoms with Gasteiger partial charge in [-0.2, -0.15) is 0 Å². The molecule has 4 N–H and O–H groups in total. The third-order valence-electron chi connectivity index (χ3n) is 1.48. The molecular formula is C6H16N2O2. The van der Waals surface area contributed by atoms with Gasteiger partial charge in [0, 0.05) is 27.3 Å². The highest BCUT2D eigenvalue weighted by molar-refractivity contribution is 4.71. The number of hydrogen-bond acceptors (Lipinski definition) is 4. The molecule has 0 bridgehead atoms. The lowest BCUT2D eigenvalue weighted by Crippen LogP contribution is -2.41. The fourth-order valence-electron chi connectivity index (χ4n) is 0.800. The molecule has 0 aromatic rings. The number of rotatable bonds is 5. The van der Waals surface area contributed by atoms with E-state index in [2.05, 4.69) is 0 Å². The SMILES string of the molecule is COC(CN)C(CN)OC. The van der Waals surface area contributed by atoms with Gasteiger partial charge in [0.05, 0.1) is 12.2 Å². The van der Waals surface area contributed by atoms with Crippen LogP contribution in [-0.4, -0.2) is 39.5 Å². The van der Waals surface area contributed by atoms with Gasteiger partial charge < -0.3 is 20.9 Å². The highest BCUT2D eigenvalue weighted by Crippen LogP contribution is 1.98. The number of ether oxygens (including phenoxy) is 2. The van der Waals surface area contributed by atoms with Crippen LogP contribution in [0.5, 0.6) is 0 Å². The number of methoxy groups -OCH3 is 2. The predicted octanol–water partition coefficient (Wildman–Crippen LogP) is -1.07. The van der Waals surface area contributed by atoms with E-state index in [9.17, 15) is 0 Å². The summed E-state index contributed by atoms with van der Waals surface area (Å²) in [5, 5.41) is 0. The van der Waals surface area contributed by atoms with Gasteiger partial charge in [-0.05, 0) is 0 Å². The lowest BCUT2D eigenvalue weighted by Gasteiger charge is -2.21. The van der Waals surface area contributed by atoms with E-state index in [0.717, 1.165) is 0 Å². The van der Waals surface area contributed by atoms with Crippen LogP contribution < -0.4 is 11.5 Å². The van der Waals surface area contributed by atoms with Crippen LogP contribution in [0.2, 0.25) is 0 Å². The average molecular weight is 148 g/mol. The monoisotopic (exact) mass is 148 g/mol. The van der Waals surface area contributed by atoms with Crippen LogP contribution in [0.3, 0.4) is 0 Å². The molecule has 0 fully saturated rings. The molecule has 0 aliphatic rings. The summed E-state index contributed by atoms with van der Waals surface area (Å²) in [5.74, 6) is 0. The molecule has 0 spiro atoms. The molecule has 62 valence electrons. The van der Waals surface area contributed by atoms with Gasteiger partial charge in [-0.1, -0.05) is 0 Å². The van der Waals surface area contributed by atoms with Gasteiger partial charge in [0.25, 0.3) is 0 Å². The van der Waals surface area contributed by atoms with E-state index in [4.69, 9.17) is 20.9 Å². The first-order chi connectivity index (χ1) is 4.79. The Balaban J connectivity index is 3.70. The van der Waals surface area contributed by atoms with Crippen molar-refractivity contribution in [3.05, 3.63) is 0 Å². The topological polar surface area (TPSA) is 70.5 Å². The van der Waals surface area contributed by atoms with Crippen LogP contribution in [0, 0.1) is 0 Å². The summed E-state index contributed by atoms with van der Waals surface area (Å²) in [6.07, 6.45) is -0.176.